The smallest absolute Gasteiger partial charge is 0.185 e. The van der Waals surface area contributed by atoms with Crippen molar-refractivity contribution >= 4 is 29.1 Å². The fourth-order valence-corrected chi connectivity index (χ4v) is 7.29. The molecule has 0 radical (unpaired) electrons. The number of fused-ring (bicyclic) bond motifs is 5. The van der Waals surface area contributed by atoms with Gasteiger partial charge in [0.15, 0.2) is 17.3 Å². The van der Waals surface area contributed by atoms with Gasteiger partial charge >= 0.3 is 0 Å². The van der Waals surface area contributed by atoms with E-state index < -0.39 is 23.4 Å². The molecule has 4 aromatic rings. The molecule has 3 atom stereocenters. The molecule has 4 aromatic carbocycles. The minimum absolute atomic E-state index is 0.168. The monoisotopic (exact) mass is 555 g/mol. The fraction of sp³-hybridized carbons (Fsp3) is 0.194. The summed E-state index contributed by atoms with van der Waals surface area (Å²) < 4.78 is 11.4. The molecule has 0 aromatic heterocycles. The molecule has 1 spiro atoms. The molecule has 7 rings (SSSR count). The number of anilines is 1. The summed E-state index contributed by atoms with van der Waals surface area (Å²) in [5.41, 5.74) is 3.11. The van der Waals surface area contributed by atoms with Crippen molar-refractivity contribution in [2.24, 2.45) is 5.41 Å². The number of methoxy groups -OCH3 is 2. The minimum Gasteiger partial charge on any atom is -0.497 e. The van der Waals surface area contributed by atoms with Crippen LogP contribution in [0.1, 0.15) is 53.7 Å². The van der Waals surface area contributed by atoms with Crippen LogP contribution in [-0.2, 0) is 0 Å². The number of hydrogen-bond acceptors (Lipinski definition) is 6. The molecular weight excluding hydrogens is 526 g/mol. The molecule has 0 amide bonds. The molecule has 0 unspecified atom stereocenters. The van der Waals surface area contributed by atoms with E-state index in [9.17, 15) is 14.4 Å². The third-order valence-corrected chi connectivity index (χ3v) is 9.06. The third kappa shape index (κ3) is 3.41. The van der Waals surface area contributed by atoms with Gasteiger partial charge in [0.1, 0.15) is 23.0 Å². The molecule has 208 valence electrons. The first-order valence-electron chi connectivity index (χ1n) is 14.0. The van der Waals surface area contributed by atoms with Gasteiger partial charge in [-0.15, -0.1) is 0 Å². The quantitative estimate of drug-likeness (QED) is 0.212. The van der Waals surface area contributed by atoms with Crippen LogP contribution in [0.5, 0.6) is 11.5 Å². The SMILES string of the molecule is COc1ccc([C@H]2[C@@H](C(=O)c3ccccc3)N3c4ccc(C)cc4C=C[C@H]3C23C(=O)c2ccccc2C3=O)c(OC)c1. The summed E-state index contributed by atoms with van der Waals surface area (Å²) in [5, 5.41) is 0. The summed E-state index contributed by atoms with van der Waals surface area (Å²) in [6.07, 6.45) is 3.91. The van der Waals surface area contributed by atoms with Crippen LogP contribution in [0.3, 0.4) is 0 Å². The molecule has 6 heteroatoms. The van der Waals surface area contributed by atoms with E-state index in [1.807, 2.05) is 60.4 Å². The lowest BCUT2D eigenvalue weighted by molar-refractivity contribution is 0.0665. The van der Waals surface area contributed by atoms with Gasteiger partial charge in [-0.05, 0) is 30.7 Å². The Morgan fingerprint density at radius 3 is 2.17 bits per heavy atom. The second-order valence-electron chi connectivity index (χ2n) is 11.1. The van der Waals surface area contributed by atoms with E-state index in [2.05, 4.69) is 6.07 Å². The molecule has 1 aliphatic carbocycles. The Balaban J connectivity index is 1.57. The van der Waals surface area contributed by atoms with Crippen LogP contribution in [0.2, 0.25) is 0 Å². The number of carbonyl (C=O) groups is 3. The summed E-state index contributed by atoms with van der Waals surface area (Å²) in [4.78, 5) is 46.4. The number of ether oxygens (including phenoxy) is 2. The summed E-state index contributed by atoms with van der Waals surface area (Å²) in [7, 11) is 3.12. The highest BCUT2D eigenvalue weighted by Gasteiger charge is 2.72. The normalized spacial score (nSPS) is 21.2. The molecule has 0 saturated carbocycles. The first-order valence-corrected chi connectivity index (χ1v) is 14.0. The lowest BCUT2D eigenvalue weighted by Gasteiger charge is -2.37. The van der Waals surface area contributed by atoms with Crippen molar-refractivity contribution in [1.29, 1.82) is 0 Å². The standard InChI is InChI=1S/C36H29NO5/c1-21-13-17-28-23(19-21)14-18-30-36(34(39)25-11-7-8-12-26(25)35(36)40)31(27-16-15-24(41-2)20-29(27)42-3)32(37(28)30)33(38)22-9-5-4-6-10-22/h4-20,30-32H,1-3H3/t30-,31-,32-/m0/s1. The van der Waals surface area contributed by atoms with Gasteiger partial charge in [0.2, 0.25) is 0 Å². The topological polar surface area (TPSA) is 72.9 Å². The summed E-state index contributed by atoms with van der Waals surface area (Å²) >= 11 is 0. The number of aryl methyl sites for hydroxylation is 1. The van der Waals surface area contributed by atoms with E-state index >= 15 is 0 Å². The maximum atomic E-state index is 14.8. The second kappa shape index (κ2) is 9.55. The maximum absolute atomic E-state index is 14.8. The molecule has 1 saturated heterocycles. The van der Waals surface area contributed by atoms with E-state index in [0.29, 0.717) is 33.8 Å². The van der Waals surface area contributed by atoms with Gasteiger partial charge in [-0.2, -0.15) is 0 Å². The predicted octanol–water partition coefficient (Wildman–Crippen LogP) is 6.33. The molecule has 2 aliphatic heterocycles. The van der Waals surface area contributed by atoms with Gasteiger partial charge in [-0.3, -0.25) is 14.4 Å². The highest BCUT2D eigenvalue weighted by atomic mass is 16.5. The number of benzene rings is 4. The molecule has 42 heavy (non-hydrogen) atoms. The molecule has 3 aliphatic rings. The van der Waals surface area contributed by atoms with E-state index in [-0.39, 0.29) is 17.3 Å². The minimum atomic E-state index is -1.60. The van der Waals surface area contributed by atoms with E-state index in [0.717, 1.165) is 16.8 Å². The van der Waals surface area contributed by atoms with Crippen LogP contribution >= 0.6 is 0 Å². The number of hydrogen-bond donors (Lipinski definition) is 0. The first-order chi connectivity index (χ1) is 20.4. The van der Waals surface area contributed by atoms with Crippen molar-refractivity contribution in [3.05, 3.63) is 130 Å². The van der Waals surface area contributed by atoms with Crippen LogP contribution in [0.25, 0.3) is 6.08 Å². The molecule has 6 nitrogen and oxygen atoms in total. The molecule has 0 N–H and O–H groups in total. The van der Waals surface area contributed by atoms with Crippen molar-refractivity contribution in [2.45, 2.75) is 24.9 Å². The Morgan fingerprint density at radius 2 is 1.50 bits per heavy atom. The number of nitrogens with zero attached hydrogens (tertiary/aromatic N) is 1. The summed E-state index contributed by atoms with van der Waals surface area (Å²) in [6, 6.07) is 25.9. The number of ketones is 3. The Hall–Kier alpha value is -4.97. The van der Waals surface area contributed by atoms with E-state index in [1.165, 1.54) is 0 Å². The molecule has 1 fully saturated rings. The summed E-state index contributed by atoms with van der Waals surface area (Å²) in [6.45, 7) is 2.02. The van der Waals surface area contributed by atoms with Crippen LogP contribution < -0.4 is 14.4 Å². The lowest BCUT2D eigenvalue weighted by atomic mass is 9.64. The Kier molecular flexibility index (Phi) is 5.91. The Morgan fingerprint density at radius 1 is 0.810 bits per heavy atom. The Bertz CT molecular complexity index is 1770. The van der Waals surface area contributed by atoms with Gasteiger partial charge in [0.25, 0.3) is 0 Å². The average molecular weight is 556 g/mol. The van der Waals surface area contributed by atoms with Gasteiger partial charge in [0, 0.05) is 39.9 Å². The number of Topliss-reactive ketones (excluding diaryl/α,β-unsaturated/α-hetero) is 3. The van der Waals surface area contributed by atoms with Gasteiger partial charge in [-0.1, -0.05) is 84.4 Å². The van der Waals surface area contributed by atoms with Crippen LogP contribution in [-0.4, -0.2) is 43.7 Å². The molecule has 0 bridgehead atoms. The van der Waals surface area contributed by atoms with Gasteiger partial charge < -0.3 is 14.4 Å². The maximum Gasteiger partial charge on any atom is 0.185 e. The van der Waals surface area contributed by atoms with Crippen molar-refractivity contribution < 1.29 is 23.9 Å². The summed E-state index contributed by atoms with van der Waals surface area (Å²) in [5.74, 6) is -0.554. The van der Waals surface area contributed by atoms with Crippen molar-refractivity contribution in [3.63, 3.8) is 0 Å². The third-order valence-electron chi connectivity index (χ3n) is 9.06. The number of carbonyl (C=O) groups excluding carboxylic acids is 3. The zero-order chi connectivity index (χ0) is 29.2. The average Bonchev–Trinajstić information content (AvgIpc) is 3.46. The zero-order valence-electron chi connectivity index (χ0n) is 23.5. The van der Waals surface area contributed by atoms with Crippen molar-refractivity contribution in [1.82, 2.24) is 0 Å². The van der Waals surface area contributed by atoms with Crippen molar-refractivity contribution in [2.75, 3.05) is 19.1 Å². The van der Waals surface area contributed by atoms with Gasteiger partial charge in [-0.25, -0.2) is 0 Å². The molecular formula is C36H29NO5. The predicted molar refractivity (Wildman–Crippen MR) is 161 cm³/mol. The molecule has 2 heterocycles. The first kappa shape index (κ1) is 26.0. The number of rotatable bonds is 5. The van der Waals surface area contributed by atoms with E-state index in [4.69, 9.17) is 9.47 Å². The van der Waals surface area contributed by atoms with Crippen LogP contribution in [0.4, 0.5) is 5.69 Å². The largest absolute Gasteiger partial charge is 0.497 e. The lowest BCUT2D eigenvalue weighted by Crippen LogP contribution is -2.48. The van der Waals surface area contributed by atoms with E-state index in [1.54, 1.807) is 62.8 Å². The zero-order valence-corrected chi connectivity index (χ0v) is 23.5. The second-order valence-corrected chi connectivity index (χ2v) is 11.1. The highest BCUT2D eigenvalue weighted by Crippen LogP contribution is 2.62. The van der Waals surface area contributed by atoms with Gasteiger partial charge in [0.05, 0.1) is 20.3 Å². The fourth-order valence-electron chi connectivity index (χ4n) is 7.29. The Labute approximate surface area is 244 Å². The highest BCUT2D eigenvalue weighted by molar-refractivity contribution is 6.32. The van der Waals surface area contributed by atoms with Crippen molar-refractivity contribution in [3.8, 4) is 11.5 Å². The van der Waals surface area contributed by atoms with Crippen LogP contribution in [0, 0.1) is 12.3 Å². The van der Waals surface area contributed by atoms with Crippen LogP contribution in [0.15, 0.2) is 97.1 Å².